The van der Waals surface area contributed by atoms with Crippen molar-refractivity contribution in [3.8, 4) is 10.4 Å². The molecule has 3 aromatic rings. The maximum atomic E-state index is 11.6. The fraction of sp³-hybridized carbons (Fsp3) is 0.222. The topological polar surface area (TPSA) is 75.2 Å². The first-order valence-electron chi connectivity index (χ1n) is 8.23. The maximum Gasteiger partial charge on any atom is 0.324 e. The molecular formula is C18H16N4O2S2. The van der Waals surface area contributed by atoms with Crippen molar-refractivity contribution >= 4 is 45.3 Å². The molecule has 2 aromatic heterocycles. The van der Waals surface area contributed by atoms with Crippen LogP contribution in [-0.4, -0.2) is 45.6 Å². The van der Waals surface area contributed by atoms with Crippen LogP contribution >= 0.6 is 23.1 Å². The van der Waals surface area contributed by atoms with Gasteiger partial charge < -0.3 is 5.32 Å². The predicted octanol–water partition coefficient (Wildman–Crippen LogP) is 3.39. The van der Waals surface area contributed by atoms with E-state index in [0.29, 0.717) is 6.54 Å². The summed E-state index contributed by atoms with van der Waals surface area (Å²) in [6.07, 6.45) is 2.32. The van der Waals surface area contributed by atoms with Crippen molar-refractivity contribution in [2.24, 2.45) is 0 Å². The van der Waals surface area contributed by atoms with Crippen LogP contribution < -0.4 is 5.32 Å². The molecule has 0 atom stereocenters. The number of carbonyl (C=O) groups excluding carboxylic acids is 2. The number of hydrogen-bond acceptors (Lipinski definition) is 6. The molecule has 0 saturated carbocycles. The quantitative estimate of drug-likeness (QED) is 0.305. The smallest absolute Gasteiger partial charge is 0.324 e. The van der Waals surface area contributed by atoms with E-state index in [1.165, 1.54) is 15.3 Å². The SMILES string of the molecule is O=C1CNC(=O)N1CCCSc1ncnc2sc(-c3ccccc3)cc12. The lowest BCUT2D eigenvalue weighted by Gasteiger charge is -2.11. The van der Waals surface area contributed by atoms with Crippen molar-refractivity contribution in [2.45, 2.75) is 11.4 Å². The van der Waals surface area contributed by atoms with Gasteiger partial charge in [0.05, 0.1) is 6.54 Å². The molecule has 26 heavy (non-hydrogen) atoms. The zero-order valence-corrected chi connectivity index (χ0v) is 15.5. The van der Waals surface area contributed by atoms with Crippen LogP contribution in [0.4, 0.5) is 4.79 Å². The second-order valence-corrected chi connectivity index (χ2v) is 7.89. The molecule has 0 unspecified atom stereocenters. The molecule has 1 aliphatic heterocycles. The lowest BCUT2D eigenvalue weighted by atomic mass is 10.2. The number of aromatic nitrogens is 2. The number of urea groups is 1. The van der Waals surface area contributed by atoms with Gasteiger partial charge in [0.15, 0.2) is 0 Å². The van der Waals surface area contributed by atoms with Gasteiger partial charge in [-0.05, 0) is 18.1 Å². The summed E-state index contributed by atoms with van der Waals surface area (Å²) in [5.74, 6) is 0.620. The van der Waals surface area contributed by atoms with E-state index in [1.807, 2.05) is 18.2 Å². The standard InChI is InChI=1S/C18H16N4O2S2/c23-15-10-19-18(24)22(15)7-4-8-25-16-13-9-14(12-5-2-1-3-6-12)26-17(13)21-11-20-16/h1-3,5-6,9,11H,4,7-8,10H2,(H,19,24). The molecule has 6 nitrogen and oxygen atoms in total. The summed E-state index contributed by atoms with van der Waals surface area (Å²) >= 11 is 3.28. The maximum absolute atomic E-state index is 11.6. The summed E-state index contributed by atoms with van der Waals surface area (Å²) in [4.78, 5) is 35.3. The van der Waals surface area contributed by atoms with Crippen LogP contribution in [0.25, 0.3) is 20.7 Å². The molecule has 0 aliphatic carbocycles. The Morgan fingerprint density at radius 1 is 1.19 bits per heavy atom. The van der Waals surface area contributed by atoms with E-state index < -0.39 is 0 Å². The molecule has 4 rings (SSSR count). The Morgan fingerprint density at radius 3 is 2.81 bits per heavy atom. The highest BCUT2D eigenvalue weighted by molar-refractivity contribution is 7.99. The van der Waals surface area contributed by atoms with Crippen molar-refractivity contribution in [2.75, 3.05) is 18.8 Å². The van der Waals surface area contributed by atoms with Crippen LogP contribution in [0.1, 0.15) is 6.42 Å². The van der Waals surface area contributed by atoms with Gasteiger partial charge in [0, 0.05) is 22.6 Å². The second kappa shape index (κ2) is 7.43. The molecule has 3 heterocycles. The Morgan fingerprint density at radius 2 is 2.04 bits per heavy atom. The first-order chi connectivity index (χ1) is 12.7. The molecule has 0 spiro atoms. The van der Waals surface area contributed by atoms with Gasteiger partial charge in [0.2, 0.25) is 5.91 Å². The van der Waals surface area contributed by atoms with E-state index in [2.05, 4.69) is 33.5 Å². The predicted molar refractivity (Wildman–Crippen MR) is 103 cm³/mol. The number of amides is 3. The van der Waals surface area contributed by atoms with Gasteiger partial charge in [-0.2, -0.15) is 0 Å². The number of rotatable bonds is 6. The van der Waals surface area contributed by atoms with Crippen LogP contribution in [0.2, 0.25) is 0 Å². The zero-order chi connectivity index (χ0) is 17.9. The molecule has 1 fully saturated rings. The molecule has 1 saturated heterocycles. The first kappa shape index (κ1) is 17.0. The van der Waals surface area contributed by atoms with Gasteiger partial charge >= 0.3 is 6.03 Å². The van der Waals surface area contributed by atoms with Crippen LogP contribution in [-0.2, 0) is 4.79 Å². The van der Waals surface area contributed by atoms with Crippen molar-refractivity contribution in [1.29, 1.82) is 0 Å². The van der Waals surface area contributed by atoms with Crippen molar-refractivity contribution in [1.82, 2.24) is 20.2 Å². The summed E-state index contributed by atoms with van der Waals surface area (Å²) in [5, 5.41) is 4.52. The van der Waals surface area contributed by atoms with E-state index in [1.54, 1.807) is 29.4 Å². The Kier molecular flexibility index (Phi) is 4.85. The van der Waals surface area contributed by atoms with Gasteiger partial charge in [0.1, 0.15) is 16.2 Å². The minimum Gasteiger partial charge on any atom is -0.329 e. The first-order valence-corrected chi connectivity index (χ1v) is 10.0. The van der Waals surface area contributed by atoms with Gasteiger partial charge in [-0.1, -0.05) is 30.3 Å². The molecule has 0 bridgehead atoms. The number of hydrogen-bond donors (Lipinski definition) is 1. The van der Waals surface area contributed by atoms with E-state index >= 15 is 0 Å². The van der Waals surface area contributed by atoms with Gasteiger partial charge in [-0.25, -0.2) is 14.8 Å². The van der Waals surface area contributed by atoms with Crippen LogP contribution in [0, 0.1) is 0 Å². The molecule has 1 aliphatic rings. The molecule has 8 heteroatoms. The highest BCUT2D eigenvalue weighted by Gasteiger charge is 2.27. The van der Waals surface area contributed by atoms with Gasteiger partial charge in [0.25, 0.3) is 0 Å². The molecule has 3 amide bonds. The molecule has 132 valence electrons. The number of nitrogens with zero attached hydrogens (tertiary/aromatic N) is 3. The number of imide groups is 1. The molecular weight excluding hydrogens is 368 g/mol. The number of thiophene rings is 1. The summed E-state index contributed by atoms with van der Waals surface area (Å²) in [6.45, 7) is 0.542. The number of thioether (sulfide) groups is 1. The normalized spacial score (nSPS) is 14.2. The van der Waals surface area contributed by atoms with E-state index in [-0.39, 0.29) is 18.5 Å². The monoisotopic (exact) mass is 384 g/mol. The molecule has 0 radical (unpaired) electrons. The highest BCUT2D eigenvalue weighted by Crippen LogP contribution is 2.36. The van der Waals surface area contributed by atoms with Crippen LogP contribution in [0.3, 0.4) is 0 Å². The largest absolute Gasteiger partial charge is 0.329 e. The van der Waals surface area contributed by atoms with E-state index in [0.717, 1.165) is 27.4 Å². The van der Waals surface area contributed by atoms with Gasteiger partial charge in [-0.15, -0.1) is 23.1 Å². The second-order valence-electron chi connectivity index (χ2n) is 5.78. The third-order valence-corrected chi connectivity index (χ3v) is 6.24. The highest BCUT2D eigenvalue weighted by atomic mass is 32.2. The molecule has 1 aromatic carbocycles. The Balaban J connectivity index is 1.44. The number of carbonyl (C=O) groups is 2. The summed E-state index contributed by atoms with van der Waals surface area (Å²) < 4.78 is 0. The average molecular weight is 384 g/mol. The third kappa shape index (κ3) is 3.42. The number of fused-ring (bicyclic) bond motifs is 1. The Bertz CT molecular complexity index is 942. The Labute approximate surface area is 158 Å². The minimum atomic E-state index is -0.297. The lowest BCUT2D eigenvalue weighted by molar-refractivity contribution is -0.124. The number of nitrogens with one attached hydrogen (secondary N) is 1. The summed E-state index contributed by atoms with van der Waals surface area (Å²) in [6, 6.07) is 12.1. The fourth-order valence-corrected chi connectivity index (χ4v) is 4.74. The van der Waals surface area contributed by atoms with Crippen LogP contribution in [0.5, 0.6) is 0 Å². The third-order valence-electron chi connectivity index (χ3n) is 4.05. The number of benzene rings is 1. The van der Waals surface area contributed by atoms with Gasteiger partial charge in [-0.3, -0.25) is 9.69 Å². The van der Waals surface area contributed by atoms with Crippen molar-refractivity contribution < 1.29 is 9.59 Å². The minimum absolute atomic E-state index is 0.107. The summed E-state index contributed by atoms with van der Waals surface area (Å²) in [5.41, 5.74) is 1.17. The zero-order valence-electron chi connectivity index (χ0n) is 13.8. The van der Waals surface area contributed by atoms with E-state index in [9.17, 15) is 9.59 Å². The van der Waals surface area contributed by atoms with E-state index in [4.69, 9.17) is 0 Å². The van der Waals surface area contributed by atoms with Crippen molar-refractivity contribution in [3.63, 3.8) is 0 Å². The van der Waals surface area contributed by atoms with Crippen molar-refractivity contribution in [3.05, 3.63) is 42.7 Å². The fourth-order valence-electron chi connectivity index (χ4n) is 2.77. The summed E-state index contributed by atoms with van der Waals surface area (Å²) in [7, 11) is 0. The Hall–Kier alpha value is -2.45. The average Bonchev–Trinajstić information content (AvgIpc) is 3.24. The molecule has 1 N–H and O–H groups in total. The van der Waals surface area contributed by atoms with Crippen LogP contribution in [0.15, 0.2) is 47.8 Å². The lowest BCUT2D eigenvalue weighted by Crippen LogP contribution is -2.32.